The predicted molar refractivity (Wildman–Crippen MR) is 87.8 cm³/mol. The molecule has 5 atom stereocenters. The molecule has 21 heavy (non-hydrogen) atoms. The molecule has 1 heterocycles. The van der Waals surface area contributed by atoms with Crippen LogP contribution in [0.25, 0.3) is 0 Å². The summed E-state index contributed by atoms with van der Waals surface area (Å²) in [5.41, 5.74) is 0. The lowest BCUT2D eigenvalue weighted by Gasteiger charge is -2.42. The first-order valence-corrected chi connectivity index (χ1v) is 8.89. The SMILES string of the molecule is CC(C)CC1NC(C(C)C)N(C2CCC(C)CC2C)C1=O. The van der Waals surface area contributed by atoms with E-state index in [1.54, 1.807) is 0 Å². The zero-order valence-electron chi connectivity index (χ0n) is 14.7. The van der Waals surface area contributed by atoms with Crippen molar-refractivity contribution in [2.24, 2.45) is 23.7 Å². The topological polar surface area (TPSA) is 32.3 Å². The Labute approximate surface area is 130 Å². The van der Waals surface area contributed by atoms with Gasteiger partial charge in [0.25, 0.3) is 0 Å². The van der Waals surface area contributed by atoms with Crippen LogP contribution in [0.1, 0.15) is 67.2 Å². The molecule has 0 radical (unpaired) electrons. The second-order valence-corrected chi connectivity index (χ2v) is 8.25. The Hall–Kier alpha value is -0.570. The summed E-state index contributed by atoms with van der Waals surface area (Å²) in [6, 6.07) is 0.467. The normalized spacial score (nSPS) is 37.8. The minimum absolute atomic E-state index is 0.0314. The van der Waals surface area contributed by atoms with Gasteiger partial charge in [0, 0.05) is 6.04 Å². The number of rotatable bonds is 4. The van der Waals surface area contributed by atoms with Crippen molar-refractivity contribution in [2.45, 2.75) is 85.5 Å². The summed E-state index contributed by atoms with van der Waals surface area (Å²) in [5, 5.41) is 3.63. The van der Waals surface area contributed by atoms with Gasteiger partial charge in [-0.05, 0) is 49.4 Å². The Morgan fingerprint density at radius 2 is 1.86 bits per heavy atom. The molecule has 2 rings (SSSR count). The van der Waals surface area contributed by atoms with Gasteiger partial charge in [-0.1, -0.05) is 41.5 Å². The fourth-order valence-electron chi connectivity index (χ4n) is 4.26. The third-order valence-corrected chi connectivity index (χ3v) is 5.31. The van der Waals surface area contributed by atoms with Crippen molar-refractivity contribution in [2.75, 3.05) is 0 Å². The maximum Gasteiger partial charge on any atom is 0.241 e. The van der Waals surface area contributed by atoms with Crippen LogP contribution in [0.5, 0.6) is 0 Å². The van der Waals surface area contributed by atoms with E-state index in [9.17, 15) is 4.79 Å². The molecule has 5 unspecified atom stereocenters. The molecule has 1 saturated heterocycles. The van der Waals surface area contributed by atoms with Crippen LogP contribution >= 0.6 is 0 Å². The molecule has 0 aromatic carbocycles. The maximum absolute atomic E-state index is 12.9. The molecule has 1 N–H and O–H groups in total. The molecule has 3 heteroatoms. The van der Waals surface area contributed by atoms with E-state index in [1.165, 1.54) is 19.3 Å². The highest BCUT2D eigenvalue weighted by Crippen LogP contribution is 2.36. The van der Waals surface area contributed by atoms with Gasteiger partial charge in [-0.25, -0.2) is 0 Å². The van der Waals surface area contributed by atoms with E-state index in [2.05, 4.69) is 51.8 Å². The summed E-state index contributed by atoms with van der Waals surface area (Å²) in [6.07, 6.45) is 4.87. The van der Waals surface area contributed by atoms with E-state index in [1.807, 2.05) is 0 Å². The summed E-state index contributed by atoms with van der Waals surface area (Å²) in [7, 11) is 0. The highest BCUT2D eigenvalue weighted by molar-refractivity contribution is 5.84. The molecule has 0 bridgehead atoms. The van der Waals surface area contributed by atoms with Crippen LogP contribution in [0.15, 0.2) is 0 Å². The van der Waals surface area contributed by atoms with Gasteiger partial charge in [-0.3, -0.25) is 10.1 Å². The molecule has 1 aliphatic carbocycles. The molecule has 1 aliphatic heterocycles. The summed E-state index contributed by atoms with van der Waals surface area (Å²) in [4.78, 5) is 15.2. The summed E-state index contributed by atoms with van der Waals surface area (Å²) >= 11 is 0. The summed E-state index contributed by atoms with van der Waals surface area (Å²) < 4.78 is 0. The largest absolute Gasteiger partial charge is 0.322 e. The van der Waals surface area contributed by atoms with E-state index in [4.69, 9.17) is 0 Å². The Morgan fingerprint density at radius 3 is 2.38 bits per heavy atom. The fraction of sp³-hybridized carbons (Fsp3) is 0.944. The molecule has 1 amide bonds. The lowest BCUT2D eigenvalue weighted by atomic mass is 9.78. The van der Waals surface area contributed by atoms with Gasteiger partial charge in [0.2, 0.25) is 5.91 Å². The molecular formula is C18H34N2O. The Bertz CT molecular complexity index is 366. The molecule has 2 fully saturated rings. The van der Waals surface area contributed by atoms with Crippen molar-refractivity contribution in [3.8, 4) is 0 Å². The van der Waals surface area contributed by atoms with Crippen LogP contribution in [-0.4, -0.2) is 29.1 Å². The third kappa shape index (κ3) is 3.61. The maximum atomic E-state index is 12.9. The Kier molecular flexibility index (Phi) is 5.34. The number of carbonyl (C=O) groups excluding carboxylic acids is 1. The van der Waals surface area contributed by atoms with Crippen molar-refractivity contribution in [3.05, 3.63) is 0 Å². The van der Waals surface area contributed by atoms with Gasteiger partial charge in [-0.2, -0.15) is 0 Å². The third-order valence-electron chi connectivity index (χ3n) is 5.31. The number of carbonyl (C=O) groups is 1. The average Bonchev–Trinajstić information content (AvgIpc) is 2.67. The number of nitrogens with zero attached hydrogens (tertiary/aromatic N) is 1. The standard InChI is InChI=1S/C18H34N2O/c1-11(2)9-15-18(21)20(17(19-15)12(3)4)16-8-7-13(5)10-14(16)6/h11-17,19H,7-10H2,1-6H3. The lowest BCUT2D eigenvalue weighted by Crippen LogP contribution is -2.51. The van der Waals surface area contributed by atoms with Crippen molar-refractivity contribution < 1.29 is 4.79 Å². The Morgan fingerprint density at radius 1 is 1.19 bits per heavy atom. The van der Waals surface area contributed by atoms with E-state index < -0.39 is 0 Å². The van der Waals surface area contributed by atoms with Crippen molar-refractivity contribution in [1.29, 1.82) is 0 Å². The van der Waals surface area contributed by atoms with Crippen LogP contribution in [0.4, 0.5) is 0 Å². The van der Waals surface area contributed by atoms with Gasteiger partial charge >= 0.3 is 0 Å². The summed E-state index contributed by atoms with van der Waals surface area (Å²) in [5.74, 6) is 2.82. The zero-order chi connectivity index (χ0) is 15.7. The molecule has 3 nitrogen and oxygen atoms in total. The van der Waals surface area contributed by atoms with Gasteiger partial charge in [0.15, 0.2) is 0 Å². The molecule has 0 aromatic rings. The van der Waals surface area contributed by atoms with Gasteiger partial charge in [-0.15, -0.1) is 0 Å². The van der Waals surface area contributed by atoms with Crippen LogP contribution < -0.4 is 5.32 Å². The van der Waals surface area contributed by atoms with Crippen LogP contribution in [-0.2, 0) is 4.79 Å². The second kappa shape index (κ2) is 6.68. The van der Waals surface area contributed by atoms with Crippen molar-refractivity contribution in [3.63, 3.8) is 0 Å². The van der Waals surface area contributed by atoms with Crippen molar-refractivity contribution >= 4 is 5.91 Å². The van der Waals surface area contributed by atoms with E-state index in [0.717, 1.165) is 12.3 Å². The van der Waals surface area contributed by atoms with Gasteiger partial charge in [0.1, 0.15) is 0 Å². The van der Waals surface area contributed by atoms with Gasteiger partial charge in [0.05, 0.1) is 12.2 Å². The van der Waals surface area contributed by atoms with Crippen LogP contribution in [0.3, 0.4) is 0 Å². The zero-order valence-corrected chi connectivity index (χ0v) is 14.7. The minimum atomic E-state index is 0.0314. The molecule has 2 aliphatic rings. The predicted octanol–water partition coefficient (Wildman–Crippen LogP) is 3.64. The van der Waals surface area contributed by atoms with Crippen molar-refractivity contribution in [1.82, 2.24) is 10.2 Å². The average molecular weight is 294 g/mol. The first kappa shape index (κ1) is 16.8. The molecule has 1 saturated carbocycles. The van der Waals surface area contributed by atoms with E-state index >= 15 is 0 Å². The monoisotopic (exact) mass is 294 g/mol. The number of hydrogen-bond donors (Lipinski definition) is 1. The minimum Gasteiger partial charge on any atom is -0.322 e. The van der Waals surface area contributed by atoms with Gasteiger partial charge < -0.3 is 4.90 Å². The number of amides is 1. The lowest BCUT2D eigenvalue weighted by molar-refractivity contribution is -0.135. The first-order valence-electron chi connectivity index (χ1n) is 8.89. The smallest absolute Gasteiger partial charge is 0.241 e. The number of nitrogens with one attached hydrogen (secondary N) is 1. The van der Waals surface area contributed by atoms with Crippen LogP contribution in [0, 0.1) is 23.7 Å². The second-order valence-electron chi connectivity index (χ2n) is 8.25. The van der Waals surface area contributed by atoms with Crippen LogP contribution in [0.2, 0.25) is 0 Å². The molecule has 122 valence electrons. The van der Waals surface area contributed by atoms with E-state index in [0.29, 0.717) is 29.7 Å². The van der Waals surface area contributed by atoms with E-state index in [-0.39, 0.29) is 12.2 Å². The highest BCUT2D eigenvalue weighted by Gasteiger charge is 2.45. The Balaban J connectivity index is 2.16. The highest BCUT2D eigenvalue weighted by atomic mass is 16.2. The first-order chi connectivity index (χ1) is 9.81. The quantitative estimate of drug-likeness (QED) is 0.858. The summed E-state index contributed by atoms with van der Waals surface area (Å²) in [6.45, 7) is 13.5. The fourth-order valence-corrected chi connectivity index (χ4v) is 4.26. The molecule has 0 spiro atoms. The number of hydrogen-bond acceptors (Lipinski definition) is 2. The molecular weight excluding hydrogens is 260 g/mol. The molecule has 0 aromatic heterocycles.